The first kappa shape index (κ1) is 35.0. The number of nitrogens with zero attached hydrogens (tertiary/aromatic N) is 1. The summed E-state index contributed by atoms with van der Waals surface area (Å²) in [7, 11) is 0. The molecule has 0 radical (unpaired) electrons. The summed E-state index contributed by atoms with van der Waals surface area (Å²) in [5, 5.41) is 30.9. The number of Topliss-reactive ketones (excluding diaryl/α,β-unsaturated/α-hetero) is 1. The number of nitrogens with one attached hydrogen (secondary N) is 4. The van der Waals surface area contributed by atoms with Gasteiger partial charge < -0.3 is 35.5 Å². The second kappa shape index (κ2) is 16.7. The second-order valence-electron chi connectivity index (χ2n) is 12.3. The first-order valence-corrected chi connectivity index (χ1v) is 17.6. The number of carbonyl (C=O) groups excluding carboxylic acids is 2. The predicted molar refractivity (Wildman–Crippen MR) is 196 cm³/mol. The first-order chi connectivity index (χ1) is 24.3. The largest absolute Gasteiger partial charge is 0.506 e. The van der Waals surface area contributed by atoms with Crippen molar-refractivity contribution >= 4 is 39.8 Å². The van der Waals surface area contributed by atoms with Gasteiger partial charge in [-0.2, -0.15) is 0 Å². The minimum atomic E-state index is -0.861. The van der Waals surface area contributed by atoms with Gasteiger partial charge in [0.2, 0.25) is 5.56 Å². The minimum absolute atomic E-state index is 0.0257. The molecule has 6 N–H and O–H groups in total. The molecular weight excluding hydrogens is 655 g/mol. The number of benzene rings is 3. The Labute approximate surface area is 293 Å². The highest BCUT2D eigenvalue weighted by Crippen LogP contribution is 2.29. The molecule has 50 heavy (non-hydrogen) atoms. The van der Waals surface area contributed by atoms with Gasteiger partial charge in [0.25, 0.3) is 0 Å². The molecule has 3 heterocycles. The van der Waals surface area contributed by atoms with Gasteiger partial charge in [0.05, 0.1) is 28.7 Å². The fourth-order valence-electron chi connectivity index (χ4n) is 6.14. The van der Waals surface area contributed by atoms with Crippen LogP contribution in [0.5, 0.6) is 5.75 Å². The van der Waals surface area contributed by atoms with Crippen molar-refractivity contribution < 1.29 is 24.5 Å². The fourth-order valence-corrected chi connectivity index (χ4v) is 7.06. The molecule has 0 saturated carbocycles. The highest BCUT2D eigenvalue weighted by Gasteiger charge is 2.23. The van der Waals surface area contributed by atoms with Crippen LogP contribution < -0.4 is 21.5 Å². The third kappa shape index (κ3) is 9.03. The zero-order valence-electron chi connectivity index (χ0n) is 27.6. The molecule has 0 aliphatic carbocycles. The lowest BCUT2D eigenvalue weighted by Crippen LogP contribution is -2.41. The molecule has 1 atom stereocenters. The predicted octanol–water partition coefficient (Wildman–Crippen LogP) is 5.27. The van der Waals surface area contributed by atoms with E-state index in [-0.39, 0.29) is 36.3 Å². The van der Waals surface area contributed by atoms with Gasteiger partial charge in [-0.1, -0.05) is 54.6 Å². The number of pyridine rings is 1. The average molecular weight is 696 g/mol. The molecule has 0 unspecified atom stereocenters. The normalized spacial score (nSPS) is 14.4. The summed E-state index contributed by atoms with van der Waals surface area (Å²) in [6, 6.07) is 27.4. The van der Waals surface area contributed by atoms with Gasteiger partial charge in [-0.15, -0.1) is 11.3 Å². The number of amides is 1. The van der Waals surface area contributed by atoms with Crippen LogP contribution in [0.1, 0.15) is 39.1 Å². The molecule has 1 fully saturated rings. The smallest absolute Gasteiger partial charge is 0.411 e. The Balaban J connectivity index is 0.867. The minimum Gasteiger partial charge on any atom is -0.506 e. The van der Waals surface area contributed by atoms with Gasteiger partial charge in [0, 0.05) is 61.2 Å². The lowest BCUT2D eigenvalue weighted by molar-refractivity contribution is 0.0593. The van der Waals surface area contributed by atoms with E-state index in [4.69, 9.17) is 4.74 Å². The number of para-hydroxylation sites is 1. The molecule has 0 bridgehead atoms. The van der Waals surface area contributed by atoms with Crippen LogP contribution in [-0.2, 0) is 11.3 Å². The van der Waals surface area contributed by atoms with E-state index in [0.717, 1.165) is 48.5 Å². The first-order valence-electron chi connectivity index (χ1n) is 16.7. The Kier molecular flexibility index (Phi) is 11.7. The Morgan fingerprint density at radius 2 is 1.72 bits per heavy atom. The summed E-state index contributed by atoms with van der Waals surface area (Å²) in [6.45, 7) is 4.07. The topological polar surface area (TPSA) is 156 Å². The van der Waals surface area contributed by atoms with Crippen LogP contribution in [0, 0.1) is 0 Å². The average Bonchev–Trinajstić information content (AvgIpc) is 3.61. The number of phenolic OH excluding ortho intramolecular Hbond substituents is 1. The number of anilines is 1. The van der Waals surface area contributed by atoms with E-state index in [2.05, 4.69) is 25.8 Å². The van der Waals surface area contributed by atoms with Crippen LogP contribution in [0.15, 0.2) is 95.8 Å². The van der Waals surface area contributed by atoms with Crippen molar-refractivity contribution in [2.24, 2.45) is 0 Å². The number of aliphatic hydroxyl groups is 1. The zero-order valence-corrected chi connectivity index (χ0v) is 28.4. The Hall–Kier alpha value is -4.85. The number of thiophene rings is 1. The number of aromatic amines is 1. The van der Waals surface area contributed by atoms with E-state index in [1.807, 2.05) is 66.7 Å². The van der Waals surface area contributed by atoms with Crippen molar-refractivity contribution in [3.8, 4) is 16.9 Å². The molecular formula is C38H41N5O6S. The van der Waals surface area contributed by atoms with Crippen LogP contribution in [0.4, 0.5) is 10.5 Å². The number of piperidine rings is 1. The molecule has 1 aliphatic heterocycles. The SMILES string of the molecule is O=C(Nc1ccccc1-c1ccccc1)OC1CCN(CCNCC(=O)c2ccc(CNC[C@@H](O)c3ccc(O)c4[nH]c(=O)ccc34)s2)CC1. The van der Waals surface area contributed by atoms with E-state index >= 15 is 0 Å². The summed E-state index contributed by atoms with van der Waals surface area (Å²) in [4.78, 5) is 43.7. The third-order valence-corrected chi connectivity index (χ3v) is 9.91. The van der Waals surface area contributed by atoms with Gasteiger partial charge >= 0.3 is 6.09 Å². The molecule has 12 heteroatoms. The number of hydrogen-bond acceptors (Lipinski definition) is 10. The summed E-state index contributed by atoms with van der Waals surface area (Å²) >= 11 is 1.42. The number of likely N-dealkylation sites (tertiary alicyclic amines) is 1. The summed E-state index contributed by atoms with van der Waals surface area (Å²) in [5.74, 6) is -0.0277. The number of aromatic hydroxyl groups is 1. The van der Waals surface area contributed by atoms with Crippen LogP contribution in [0.3, 0.4) is 0 Å². The molecule has 6 rings (SSSR count). The molecule has 3 aromatic carbocycles. The highest BCUT2D eigenvalue weighted by molar-refractivity contribution is 7.14. The number of aliphatic hydroxyl groups excluding tert-OH is 1. The van der Waals surface area contributed by atoms with Crippen molar-refractivity contribution in [3.63, 3.8) is 0 Å². The van der Waals surface area contributed by atoms with Crippen molar-refractivity contribution in [3.05, 3.63) is 117 Å². The van der Waals surface area contributed by atoms with Crippen LogP contribution in [0.2, 0.25) is 0 Å². The van der Waals surface area contributed by atoms with Crippen molar-refractivity contribution in [2.75, 3.05) is 44.6 Å². The van der Waals surface area contributed by atoms with Crippen LogP contribution >= 0.6 is 11.3 Å². The van der Waals surface area contributed by atoms with Gasteiger partial charge in [-0.05, 0) is 54.3 Å². The molecule has 1 amide bonds. The van der Waals surface area contributed by atoms with Crippen molar-refractivity contribution in [2.45, 2.75) is 31.6 Å². The Bertz CT molecular complexity index is 1970. The van der Waals surface area contributed by atoms with E-state index in [0.29, 0.717) is 40.1 Å². The lowest BCUT2D eigenvalue weighted by atomic mass is 10.0. The number of phenols is 1. The molecule has 260 valence electrons. The maximum atomic E-state index is 12.8. The molecule has 0 spiro atoms. The van der Waals surface area contributed by atoms with E-state index < -0.39 is 12.2 Å². The van der Waals surface area contributed by atoms with Crippen LogP contribution in [0.25, 0.3) is 22.0 Å². The lowest BCUT2D eigenvalue weighted by Gasteiger charge is -2.31. The molecule has 1 saturated heterocycles. The fraction of sp³-hybridized carbons (Fsp3) is 0.289. The van der Waals surface area contributed by atoms with Gasteiger partial charge in [-0.25, -0.2) is 4.79 Å². The van der Waals surface area contributed by atoms with Gasteiger partial charge in [0.1, 0.15) is 11.9 Å². The number of ether oxygens (including phenoxy) is 1. The number of H-pyrrole nitrogens is 1. The number of carbonyl (C=O) groups is 2. The maximum Gasteiger partial charge on any atom is 0.411 e. The van der Waals surface area contributed by atoms with Crippen molar-refractivity contribution in [1.82, 2.24) is 20.5 Å². The standard InChI is InChI=1S/C38H41N5O6S/c44-32-13-11-29(30-12-15-36(47)42-37(30)32)33(45)23-40-22-27-10-14-35(50-27)34(46)24-39-18-21-43-19-16-26(17-20-43)49-38(48)41-31-9-5-4-8-28(31)25-6-2-1-3-7-25/h1-15,26,33,39-40,44-45H,16-24H2,(H,41,48)(H,42,47)/t33-/m1/s1. The number of hydrogen-bond donors (Lipinski definition) is 6. The number of fused-ring (bicyclic) bond motifs is 1. The summed E-state index contributed by atoms with van der Waals surface area (Å²) < 4.78 is 5.75. The molecule has 1 aliphatic rings. The summed E-state index contributed by atoms with van der Waals surface area (Å²) in [5.41, 5.74) is 3.24. The number of aromatic nitrogens is 1. The molecule has 5 aromatic rings. The van der Waals surface area contributed by atoms with Crippen molar-refractivity contribution in [1.29, 1.82) is 0 Å². The molecule has 2 aromatic heterocycles. The van der Waals surface area contributed by atoms with E-state index in [1.54, 1.807) is 12.1 Å². The molecule has 11 nitrogen and oxygen atoms in total. The Morgan fingerprint density at radius 1 is 0.940 bits per heavy atom. The van der Waals surface area contributed by atoms with Gasteiger partial charge in [0.15, 0.2) is 5.78 Å². The second-order valence-corrected chi connectivity index (χ2v) is 13.4. The Morgan fingerprint density at radius 3 is 2.54 bits per heavy atom. The highest BCUT2D eigenvalue weighted by atomic mass is 32.1. The van der Waals surface area contributed by atoms with Gasteiger partial charge in [-0.3, -0.25) is 14.9 Å². The van der Waals surface area contributed by atoms with Crippen LogP contribution in [-0.4, -0.2) is 77.3 Å². The third-order valence-electron chi connectivity index (χ3n) is 8.79. The monoisotopic (exact) mass is 695 g/mol. The number of rotatable bonds is 14. The maximum absolute atomic E-state index is 12.8. The summed E-state index contributed by atoms with van der Waals surface area (Å²) in [6.07, 6.45) is 0.0550. The zero-order chi connectivity index (χ0) is 34.9. The van der Waals surface area contributed by atoms with E-state index in [1.165, 1.54) is 23.5 Å². The van der Waals surface area contributed by atoms with E-state index in [9.17, 15) is 24.6 Å². The number of ketones is 1. The quantitative estimate of drug-likeness (QED) is 0.0673.